The average Bonchev–Trinajstić information content (AvgIpc) is 2.52. The summed E-state index contributed by atoms with van der Waals surface area (Å²) in [6.07, 6.45) is 2.43. The zero-order chi connectivity index (χ0) is 15.1. The van der Waals surface area contributed by atoms with E-state index in [0.717, 1.165) is 6.54 Å². The Labute approximate surface area is 129 Å². The van der Waals surface area contributed by atoms with Crippen molar-refractivity contribution in [2.45, 2.75) is 32.7 Å². The average molecular weight is 284 g/mol. The van der Waals surface area contributed by atoms with Crippen LogP contribution in [0.3, 0.4) is 0 Å². The molecule has 2 aromatic rings. The van der Waals surface area contributed by atoms with Crippen LogP contribution in [0.25, 0.3) is 10.8 Å². The highest BCUT2D eigenvalue weighted by molar-refractivity contribution is 5.86. The molecule has 0 amide bonds. The highest BCUT2D eigenvalue weighted by Crippen LogP contribution is 2.25. The molecular formula is C19H28N2. The molecular weight excluding hydrogens is 256 g/mol. The lowest BCUT2D eigenvalue weighted by Crippen LogP contribution is -2.35. The van der Waals surface area contributed by atoms with Gasteiger partial charge in [0.25, 0.3) is 0 Å². The van der Waals surface area contributed by atoms with Gasteiger partial charge in [-0.3, -0.25) is 0 Å². The lowest BCUT2D eigenvalue weighted by molar-refractivity contribution is 0.247. The van der Waals surface area contributed by atoms with Gasteiger partial charge in [0, 0.05) is 12.6 Å². The van der Waals surface area contributed by atoms with Crippen molar-refractivity contribution in [3.05, 3.63) is 48.0 Å². The number of hydrogen-bond acceptors (Lipinski definition) is 2. The lowest BCUT2D eigenvalue weighted by Gasteiger charge is -2.27. The molecule has 0 spiro atoms. The quantitative estimate of drug-likeness (QED) is 0.780. The Hall–Kier alpha value is -1.38. The second-order valence-corrected chi connectivity index (χ2v) is 5.71. The Morgan fingerprint density at radius 2 is 1.62 bits per heavy atom. The summed E-state index contributed by atoms with van der Waals surface area (Å²) in [6, 6.07) is 15.7. The highest BCUT2D eigenvalue weighted by atomic mass is 15.1. The van der Waals surface area contributed by atoms with Gasteiger partial charge in [0.1, 0.15) is 0 Å². The molecule has 2 rings (SSSR count). The predicted molar refractivity (Wildman–Crippen MR) is 92.8 cm³/mol. The minimum Gasteiger partial charge on any atom is -0.312 e. The Morgan fingerprint density at radius 3 is 2.29 bits per heavy atom. The first-order valence-electron chi connectivity index (χ1n) is 8.17. The van der Waals surface area contributed by atoms with Gasteiger partial charge in [-0.15, -0.1) is 0 Å². The van der Waals surface area contributed by atoms with E-state index >= 15 is 0 Å². The van der Waals surface area contributed by atoms with Crippen molar-refractivity contribution >= 4 is 10.8 Å². The molecule has 114 valence electrons. The molecule has 1 atom stereocenters. The third kappa shape index (κ3) is 4.05. The van der Waals surface area contributed by atoms with Gasteiger partial charge in [-0.05, 0) is 49.3 Å². The number of likely N-dealkylation sites (N-methyl/N-ethyl adjacent to an activating group) is 1. The molecule has 1 N–H and O–H groups in total. The zero-order valence-electron chi connectivity index (χ0n) is 13.6. The first-order valence-corrected chi connectivity index (χ1v) is 8.17. The van der Waals surface area contributed by atoms with E-state index in [2.05, 4.69) is 73.6 Å². The Kier molecular flexibility index (Phi) is 6.21. The largest absolute Gasteiger partial charge is 0.312 e. The Morgan fingerprint density at radius 1 is 0.952 bits per heavy atom. The van der Waals surface area contributed by atoms with Crippen LogP contribution in [0.5, 0.6) is 0 Å². The van der Waals surface area contributed by atoms with E-state index in [9.17, 15) is 0 Å². The SMILES string of the molecule is CCCN(CCC)CC(NC)c1cccc2ccccc12. The molecule has 0 aliphatic carbocycles. The normalized spacial score (nSPS) is 13.0. The van der Waals surface area contributed by atoms with Gasteiger partial charge in [0.2, 0.25) is 0 Å². The maximum Gasteiger partial charge on any atom is 0.0453 e. The maximum absolute atomic E-state index is 3.52. The van der Waals surface area contributed by atoms with Gasteiger partial charge >= 0.3 is 0 Å². The summed E-state index contributed by atoms with van der Waals surface area (Å²) in [5, 5.41) is 6.21. The van der Waals surface area contributed by atoms with E-state index in [1.807, 2.05) is 0 Å². The van der Waals surface area contributed by atoms with Crippen molar-refractivity contribution < 1.29 is 0 Å². The van der Waals surface area contributed by atoms with E-state index in [-0.39, 0.29) is 0 Å². The molecule has 0 aliphatic rings. The van der Waals surface area contributed by atoms with Gasteiger partial charge in [-0.2, -0.15) is 0 Å². The van der Waals surface area contributed by atoms with Crippen LogP contribution in [-0.2, 0) is 0 Å². The molecule has 0 saturated carbocycles. The monoisotopic (exact) mass is 284 g/mol. The first-order chi connectivity index (χ1) is 10.3. The molecule has 0 bridgehead atoms. The third-order valence-corrected chi connectivity index (χ3v) is 4.07. The van der Waals surface area contributed by atoms with Crippen LogP contribution >= 0.6 is 0 Å². The molecule has 0 aromatic heterocycles. The molecule has 0 radical (unpaired) electrons. The molecule has 21 heavy (non-hydrogen) atoms. The summed E-state index contributed by atoms with van der Waals surface area (Å²) in [6.45, 7) is 7.95. The van der Waals surface area contributed by atoms with Crippen molar-refractivity contribution in [2.24, 2.45) is 0 Å². The molecule has 0 aliphatic heterocycles. The second kappa shape index (κ2) is 8.16. The van der Waals surface area contributed by atoms with Crippen molar-refractivity contribution in [1.29, 1.82) is 0 Å². The van der Waals surface area contributed by atoms with E-state index in [4.69, 9.17) is 0 Å². The summed E-state index contributed by atoms with van der Waals surface area (Å²) in [7, 11) is 2.07. The highest BCUT2D eigenvalue weighted by Gasteiger charge is 2.15. The van der Waals surface area contributed by atoms with E-state index in [1.54, 1.807) is 0 Å². The number of nitrogens with zero attached hydrogens (tertiary/aromatic N) is 1. The minimum atomic E-state index is 0.384. The fraction of sp³-hybridized carbons (Fsp3) is 0.474. The van der Waals surface area contributed by atoms with E-state index in [1.165, 1.54) is 42.3 Å². The van der Waals surface area contributed by atoms with Gasteiger partial charge in [0.15, 0.2) is 0 Å². The topological polar surface area (TPSA) is 15.3 Å². The first kappa shape index (κ1) is 16.0. The summed E-state index contributed by atoms with van der Waals surface area (Å²) < 4.78 is 0. The fourth-order valence-electron chi connectivity index (χ4n) is 3.08. The van der Waals surface area contributed by atoms with Crippen LogP contribution in [0.1, 0.15) is 38.3 Å². The summed E-state index contributed by atoms with van der Waals surface area (Å²) >= 11 is 0. The lowest BCUT2D eigenvalue weighted by atomic mass is 9.98. The molecule has 0 heterocycles. The number of nitrogens with one attached hydrogen (secondary N) is 1. The molecule has 0 saturated heterocycles. The van der Waals surface area contributed by atoms with Crippen LogP contribution in [0.2, 0.25) is 0 Å². The minimum absolute atomic E-state index is 0.384. The smallest absolute Gasteiger partial charge is 0.0453 e. The molecule has 2 aromatic carbocycles. The van der Waals surface area contributed by atoms with Crippen molar-refractivity contribution in [3.63, 3.8) is 0 Å². The molecule has 2 heteroatoms. The van der Waals surface area contributed by atoms with Crippen molar-refractivity contribution in [3.8, 4) is 0 Å². The third-order valence-electron chi connectivity index (χ3n) is 4.07. The maximum atomic E-state index is 3.52. The van der Waals surface area contributed by atoms with Gasteiger partial charge in [0.05, 0.1) is 0 Å². The van der Waals surface area contributed by atoms with Crippen LogP contribution < -0.4 is 5.32 Å². The van der Waals surface area contributed by atoms with Crippen LogP contribution in [0, 0.1) is 0 Å². The van der Waals surface area contributed by atoms with Gasteiger partial charge in [-0.25, -0.2) is 0 Å². The predicted octanol–water partition coefficient (Wildman–Crippen LogP) is 4.22. The van der Waals surface area contributed by atoms with E-state index < -0.39 is 0 Å². The summed E-state index contributed by atoms with van der Waals surface area (Å²) in [5.41, 5.74) is 1.41. The van der Waals surface area contributed by atoms with Gasteiger partial charge < -0.3 is 10.2 Å². The van der Waals surface area contributed by atoms with Crippen LogP contribution in [0.15, 0.2) is 42.5 Å². The second-order valence-electron chi connectivity index (χ2n) is 5.71. The molecule has 1 unspecified atom stereocenters. The van der Waals surface area contributed by atoms with Crippen LogP contribution in [0.4, 0.5) is 0 Å². The van der Waals surface area contributed by atoms with Gasteiger partial charge in [-0.1, -0.05) is 56.3 Å². The van der Waals surface area contributed by atoms with E-state index in [0.29, 0.717) is 6.04 Å². The zero-order valence-corrected chi connectivity index (χ0v) is 13.6. The fourth-order valence-corrected chi connectivity index (χ4v) is 3.08. The number of fused-ring (bicyclic) bond motifs is 1. The number of benzene rings is 2. The Balaban J connectivity index is 2.26. The summed E-state index contributed by atoms with van der Waals surface area (Å²) in [4.78, 5) is 2.57. The Bertz CT molecular complexity index is 539. The molecule has 2 nitrogen and oxygen atoms in total. The molecule has 0 fully saturated rings. The van der Waals surface area contributed by atoms with Crippen molar-refractivity contribution in [2.75, 3.05) is 26.7 Å². The number of hydrogen-bond donors (Lipinski definition) is 1. The summed E-state index contributed by atoms with van der Waals surface area (Å²) in [5.74, 6) is 0. The van der Waals surface area contributed by atoms with Crippen molar-refractivity contribution in [1.82, 2.24) is 10.2 Å². The standard InChI is InChI=1S/C19H28N2/c1-4-13-21(14-5-2)15-19(20-3)18-12-8-10-16-9-6-7-11-17(16)18/h6-12,19-20H,4-5,13-15H2,1-3H3. The van der Waals surface area contributed by atoms with Crippen LogP contribution in [-0.4, -0.2) is 31.6 Å². The number of rotatable bonds is 8.